The van der Waals surface area contributed by atoms with Crippen LogP contribution in [-0.4, -0.2) is 23.1 Å². The highest BCUT2D eigenvalue weighted by atomic mass is 16.6. The number of carbonyl (C=O) groups excluding carboxylic acids is 1. The minimum atomic E-state index is -0.516. The lowest BCUT2D eigenvalue weighted by Crippen LogP contribution is -2.25. The van der Waals surface area contributed by atoms with Gasteiger partial charge in [-0.3, -0.25) is 14.9 Å². The summed E-state index contributed by atoms with van der Waals surface area (Å²) in [7, 11) is 0. The van der Waals surface area contributed by atoms with E-state index in [1.807, 2.05) is 6.07 Å². The molecule has 8 heteroatoms. The fourth-order valence-corrected chi connectivity index (χ4v) is 1.92. The molecule has 8 nitrogen and oxygen atoms in total. The molecule has 0 radical (unpaired) electrons. The van der Waals surface area contributed by atoms with E-state index in [2.05, 4.69) is 10.5 Å². The molecule has 0 bridgehead atoms. The molecule has 0 saturated heterocycles. The van der Waals surface area contributed by atoms with Crippen LogP contribution in [0.1, 0.15) is 18.1 Å². The molecule has 126 valence electrons. The van der Waals surface area contributed by atoms with Crippen molar-refractivity contribution < 1.29 is 14.5 Å². The van der Waals surface area contributed by atoms with Crippen LogP contribution >= 0.6 is 0 Å². The Bertz CT molecular complexity index is 871. The van der Waals surface area contributed by atoms with Crippen LogP contribution in [0.25, 0.3) is 0 Å². The predicted molar refractivity (Wildman–Crippen MR) is 90.1 cm³/mol. The fraction of sp³-hybridized carbons (Fsp3) is 0.118. The van der Waals surface area contributed by atoms with Gasteiger partial charge in [0.05, 0.1) is 16.2 Å². The summed E-state index contributed by atoms with van der Waals surface area (Å²) in [5.41, 5.74) is 3.50. The SMILES string of the molecule is C/C(=N/NC(=O)COc1ccccc1C#N)c1cccc([N+](=O)[O-])c1. The first-order valence-corrected chi connectivity index (χ1v) is 7.21. The van der Waals surface area contributed by atoms with Crippen molar-refractivity contribution in [3.8, 4) is 11.8 Å². The number of hydrazone groups is 1. The Morgan fingerprint density at radius 2 is 2.08 bits per heavy atom. The molecule has 2 rings (SSSR count). The molecule has 2 aromatic rings. The van der Waals surface area contributed by atoms with E-state index < -0.39 is 10.8 Å². The molecule has 0 aliphatic carbocycles. The monoisotopic (exact) mass is 338 g/mol. The third kappa shape index (κ3) is 4.87. The third-order valence-corrected chi connectivity index (χ3v) is 3.19. The average molecular weight is 338 g/mol. The lowest BCUT2D eigenvalue weighted by molar-refractivity contribution is -0.384. The molecule has 0 aliphatic rings. The Morgan fingerprint density at radius 3 is 2.80 bits per heavy atom. The molecular weight excluding hydrogens is 324 g/mol. The van der Waals surface area contributed by atoms with Gasteiger partial charge in [-0.25, -0.2) is 5.43 Å². The fourth-order valence-electron chi connectivity index (χ4n) is 1.92. The zero-order chi connectivity index (χ0) is 18.2. The second kappa shape index (κ2) is 8.21. The van der Waals surface area contributed by atoms with Crippen molar-refractivity contribution >= 4 is 17.3 Å². The van der Waals surface area contributed by atoms with E-state index in [0.717, 1.165) is 0 Å². The number of hydrogen-bond acceptors (Lipinski definition) is 6. The van der Waals surface area contributed by atoms with Crippen molar-refractivity contribution in [2.45, 2.75) is 6.92 Å². The second-order valence-electron chi connectivity index (χ2n) is 4.94. The van der Waals surface area contributed by atoms with E-state index in [9.17, 15) is 14.9 Å². The van der Waals surface area contributed by atoms with Crippen LogP contribution in [0.2, 0.25) is 0 Å². The topological polar surface area (TPSA) is 118 Å². The molecule has 1 amide bonds. The number of nitriles is 1. The number of amides is 1. The summed E-state index contributed by atoms with van der Waals surface area (Å²) < 4.78 is 5.29. The molecule has 0 fully saturated rings. The van der Waals surface area contributed by atoms with Gasteiger partial charge in [0.2, 0.25) is 0 Å². The Labute approximate surface area is 143 Å². The van der Waals surface area contributed by atoms with E-state index >= 15 is 0 Å². The lowest BCUT2D eigenvalue weighted by Gasteiger charge is -2.07. The minimum absolute atomic E-state index is 0.0604. The number of hydrogen-bond donors (Lipinski definition) is 1. The minimum Gasteiger partial charge on any atom is -0.482 e. The number of nitrogens with zero attached hydrogens (tertiary/aromatic N) is 3. The maximum atomic E-state index is 11.8. The van der Waals surface area contributed by atoms with Gasteiger partial charge < -0.3 is 4.74 Å². The molecule has 25 heavy (non-hydrogen) atoms. The normalized spacial score (nSPS) is 10.6. The van der Waals surface area contributed by atoms with Gasteiger partial charge >= 0.3 is 0 Å². The zero-order valence-electron chi connectivity index (χ0n) is 13.3. The first-order valence-electron chi connectivity index (χ1n) is 7.21. The molecule has 2 aromatic carbocycles. The first-order chi connectivity index (χ1) is 12.0. The standard InChI is InChI=1S/C17H14N4O4/c1-12(13-6-4-7-15(9-13)21(23)24)19-20-17(22)11-25-16-8-3-2-5-14(16)10-18/h2-9H,11H2,1H3,(H,20,22)/b19-12-. The predicted octanol–water partition coefficient (Wildman–Crippen LogP) is 2.39. The van der Waals surface area contributed by atoms with Crippen LogP contribution in [0.5, 0.6) is 5.75 Å². The highest BCUT2D eigenvalue weighted by Crippen LogP contribution is 2.16. The summed E-state index contributed by atoms with van der Waals surface area (Å²) in [5.74, 6) is -0.211. The van der Waals surface area contributed by atoms with Crippen molar-refractivity contribution in [1.29, 1.82) is 5.26 Å². The van der Waals surface area contributed by atoms with Crippen molar-refractivity contribution in [3.05, 3.63) is 69.8 Å². The number of para-hydroxylation sites is 1. The van der Waals surface area contributed by atoms with Gasteiger partial charge in [0.15, 0.2) is 6.61 Å². The number of rotatable bonds is 6. The van der Waals surface area contributed by atoms with E-state index in [-0.39, 0.29) is 12.3 Å². The van der Waals surface area contributed by atoms with Crippen LogP contribution in [0, 0.1) is 21.4 Å². The maximum absolute atomic E-state index is 11.8. The summed E-state index contributed by atoms with van der Waals surface area (Å²) in [5, 5.41) is 23.6. The second-order valence-corrected chi connectivity index (χ2v) is 4.94. The van der Waals surface area contributed by atoms with Crippen LogP contribution in [0.15, 0.2) is 53.6 Å². The van der Waals surface area contributed by atoms with Gasteiger partial charge in [-0.2, -0.15) is 10.4 Å². The van der Waals surface area contributed by atoms with Crippen LogP contribution < -0.4 is 10.2 Å². The molecule has 0 heterocycles. The largest absolute Gasteiger partial charge is 0.482 e. The molecular formula is C17H14N4O4. The highest BCUT2D eigenvalue weighted by Gasteiger charge is 2.09. The van der Waals surface area contributed by atoms with Crippen molar-refractivity contribution in [1.82, 2.24) is 5.43 Å². The van der Waals surface area contributed by atoms with E-state index in [0.29, 0.717) is 22.6 Å². The molecule has 0 aromatic heterocycles. The van der Waals surface area contributed by atoms with Gasteiger partial charge in [-0.15, -0.1) is 0 Å². The Kier molecular flexibility index (Phi) is 5.79. The number of nitrogens with one attached hydrogen (secondary N) is 1. The number of ether oxygens (including phenoxy) is 1. The van der Waals surface area contributed by atoms with Crippen molar-refractivity contribution in [2.75, 3.05) is 6.61 Å². The summed E-state index contributed by atoms with van der Waals surface area (Å²) >= 11 is 0. The summed E-state index contributed by atoms with van der Waals surface area (Å²) in [6.07, 6.45) is 0. The first kappa shape index (κ1) is 17.6. The molecule has 0 aliphatic heterocycles. The molecule has 1 N–H and O–H groups in total. The third-order valence-electron chi connectivity index (χ3n) is 3.19. The van der Waals surface area contributed by atoms with Gasteiger partial charge in [-0.1, -0.05) is 24.3 Å². The van der Waals surface area contributed by atoms with Gasteiger partial charge in [0.25, 0.3) is 11.6 Å². The molecule has 0 atom stereocenters. The Hall–Kier alpha value is -3.73. The van der Waals surface area contributed by atoms with E-state index in [1.54, 1.807) is 37.3 Å². The van der Waals surface area contributed by atoms with Crippen LogP contribution in [0.3, 0.4) is 0 Å². The van der Waals surface area contributed by atoms with Gasteiger partial charge in [0.1, 0.15) is 11.8 Å². The molecule has 0 saturated carbocycles. The number of carbonyl (C=O) groups is 1. The van der Waals surface area contributed by atoms with Crippen LogP contribution in [0.4, 0.5) is 5.69 Å². The zero-order valence-corrected chi connectivity index (χ0v) is 13.3. The summed E-state index contributed by atoms with van der Waals surface area (Å²) in [4.78, 5) is 22.1. The Morgan fingerprint density at radius 1 is 1.32 bits per heavy atom. The number of benzene rings is 2. The van der Waals surface area contributed by atoms with Gasteiger partial charge in [-0.05, 0) is 19.1 Å². The van der Waals surface area contributed by atoms with E-state index in [4.69, 9.17) is 10.00 Å². The van der Waals surface area contributed by atoms with Crippen LogP contribution in [-0.2, 0) is 4.79 Å². The number of nitro benzene ring substituents is 1. The van der Waals surface area contributed by atoms with Gasteiger partial charge in [0, 0.05) is 17.7 Å². The van der Waals surface area contributed by atoms with Crippen molar-refractivity contribution in [2.24, 2.45) is 5.10 Å². The maximum Gasteiger partial charge on any atom is 0.277 e. The Balaban J connectivity index is 1.96. The summed E-state index contributed by atoms with van der Waals surface area (Å²) in [6.45, 7) is 1.30. The summed E-state index contributed by atoms with van der Waals surface area (Å²) in [6, 6.07) is 14.4. The van der Waals surface area contributed by atoms with E-state index in [1.165, 1.54) is 18.2 Å². The number of non-ortho nitro benzene ring substituents is 1. The molecule has 0 spiro atoms. The van der Waals surface area contributed by atoms with Crippen molar-refractivity contribution in [3.63, 3.8) is 0 Å². The quantitative estimate of drug-likeness (QED) is 0.493. The number of nitro groups is 1. The lowest BCUT2D eigenvalue weighted by atomic mass is 10.1. The average Bonchev–Trinajstić information content (AvgIpc) is 2.64. The highest BCUT2D eigenvalue weighted by molar-refractivity contribution is 5.99. The smallest absolute Gasteiger partial charge is 0.277 e. The molecule has 0 unspecified atom stereocenters.